The van der Waals surface area contributed by atoms with E-state index in [1.54, 1.807) is 36.3 Å². The Labute approximate surface area is 329 Å². The van der Waals surface area contributed by atoms with Crippen LogP contribution in [0.5, 0.6) is 0 Å². The zero-order valence-electron chi connectivity index (χ0n) is 35.6. The summed E-state index contributed by atoms with van der Waals surface area (Å²) in [7, 11) is 3.87. The van der Waals surface area contributed by atoms with E-state index < -0.39 is 0 Å². The third-order valence-corrected chi connectivity index (χ3v) is 9.63. The third kappa shape index (κ3) is 19.7. The molecule has 0 aromatic carbocycles. The lowest BCUT2D eigenvalue weighted by Crippen LogP contribution is -2.09. The summed E-state index contributed by atoms with van der Waals surface area (Å²) in [6, 6.07) is 8.03. The lowest BCUT2D eigenvalue weighted by Gasteiger charge is -2.14. The Bertz CT molecular complexity index is 1620. The smallest absolute Gasteiger partial charge is 0.0939 e. The lowest BCUT2D eigenvalue weighted by atomic mass is 9.89. The van der Waals surface area contributed by atoms with Crippen LogP contribution in [0.3, 0.4) is 0 Å². The summed E-state index contributed by atoms with van der Waals surface area (Å²) in [6.07, 6.45) is 16.8. The molecule has 10 heteroatoms. The molecule has 0 N–H and O–H groups in total. The van der Waals surface area contributed by atoms with E-state index in [-0.39, 0.29) is 21.7 Å². The van der Waals surface area contributed by atoms with Gasteiger partial charge in [-0.2, -0.15) is 10.2 Å². The maximum absolute atomic E-state index is 4.94. The zero-order chi connectivity index (χ0) is 40.5. The summed E-state index contributed by atoms with van der Waals surface area (Å²) in [5.74, 6) is 0.596. The molecular formula is C43H67N7OS2. The Morgan fingerprint density at radius 3 is 1.55 bits per heavy atom. The monoisotopic (exact) mass is 761 g/mol. The first-order chi connectivity index (χ1) is 24.4. The second-order valence-electron chi connectivity index (χ2n) is 17.2. The van der Waals surface area contributed by atoms with E-state index in [1.165, 1.54) is 44.4 Å². The van der Waals surface area contributed by atoms with Crippen molar-refractivity contribution in [3.8, 4) is 0 Å². The number of furan rings is 1. The lowest BCUT2D eigenvalue weighted by molar-refractivity contribution is 0.537. The highest BCUT2D eigenvalue weighted by Gasteiger charge is 2.16. The van der Waals surface area contributed by atoms with Crippen LogP contribution in [0.1, 0.15) is 136 Å². The van der Waals surface area contributed by atoms with Gasteiger partial charge in [-0.1, -0.05) is 103 Å². The van der Waals surface area contributed by atoms with Gasteiger partial charge in [0.05, 0.1) is 24.2 Å². The van der Waals surface area contributed by atoms with Crippen LogP contribution in [0.2, 0.25) is 0 Å². The topological polar surface area (TPSA) is 87.5 Å². The molecule has 8 nitrogen and oxygen atoms in total. The van der Waals surface area contributed by atoms with Gasteiger partial charge in [-0.15, -0.1) is 11.3 Å². The molecule has 0 aliphatic carbocycles. The fraction of sp³-hybridized carbons (Fsp3) is 0.512. The van der Waals surface area contributed by atoms with Crippen molar-refractivity contribution in [2.75, 3.05) is 0 Å². The van der Waals surface area contributed by atoms with Crippen molar-refractivity contribution >= 4 is 22.9 Å². The molecule has 6 aromatic heterocycles. The molecule has 0 radical (unpaired) electrons. The third-order valence-electron chi connectivity index (χ3n) is 7.85. The van der Waals surface area contributed by atoms with Crippen LogP contribution in [0.15, 0.2) is 95.5 Å². The molecule has 0 amide bonds. The molecule has 0 fully saturated rings. The summed E-state index contributed by atoms with van der Waals surface area (Å²) in [5.41, 5.74) is 9.25. The number of aromatic nitrogens is 7. The van der Waals surface area contributed by atoms with Crippen LogP contribution < -0.4 is 0 Å². The fourth-order valence-electron chi connectivity index (χ4n) is 3.82. The summed E-state index contributed by atoms with van der Waals surface area (Å²) in [5, 5.41) is 10.1. The Balaban J connectivity index is 0.000000319. The van der Waals surface area contributed by atoms with Crippen molar-refractivity contribution in [2.45, 2.75) is 131 Å². The van der Waals surface area contributed by atoms with Gasteiger partial charge in [0.15, 0.2) is 0 Å². The number of hydrogen-bond donors (Lipinski definition) is 0. The molecule has 0 aliphatic rings. The molecule has 0 saturated carbocycles. The molecule has 0 unspecified atom stereocenters. The van der Waals surface area contributed by atoms with Gasteiger partial charge in [-0.3, -0.25) is 19.3 Å². The molecule has 6 rings (SSSR count). The predicted molar refractivity (Wildman–Crippen MR) is 227 cm³/mol. The number of nitrogens with zero attached hydrogens (tertiary/aromatic N) is 7. The first-order valence-electron chi connectivity index (χ1n) is 18.1. The van der Waals surface area contributed by atoms with Crippen LogP contribution in [0.4, 0.5) is 0 Å². The van der Waals surface area contributed by atoms with Gasteiger partial charge in [0.25, 0.3) is 0 Å². The van der Waals surface area contributed by atoms with Crippen molar-refractivity contribution in [1.29, 1.82) is 0 Å². The van der Waals surface area contributed by atoms with Gasteiger partial charge in [0, 0.05) is 67.2 Å². The normalized spacial score (nSPS) is 11.3. The summed E-state index contributed by atoms with van der Waals surface area (Å²) in [4.78, 5) is 9.36. The molecule has 0 spiro atoms. The average molecular weight is 762 g/mol. The molecular weight excluding hydrogens is 695 g/mol. The number of pyridine rings is 1. The minimum atomic E-state index is 0.229. The molecule has 0 bridgehead atoms. The van der Waals surface area contributed by atoms with Gasteiger partial charge in [-0.05, 0) is 86.5 Å². The van der Waals surface area contributed by atoms with Crippen molar-refractivity contribution in [3.63, 3.8) is 0 Å². The van der Waals surface area contributed by atoms with Crippen molar-refractivity contribution < 1.29 is 4.42 Å². The number of hydrogen-bond acceptors (Lipinski definition) is 8. The molecule has 0 saturated heterocycles. The summed E-state index contributed by atoms with van der Waals surface area (Å²) >= 11 is 3.24. The Morgan fingerprint density at radius 1 is 0.679 bits per heavy atom. The minimum Gasteiger partial charge on any atom is -0.472 e. The molecule has 292 valence electrons. The van der Waals surface area contributed by atoms with Gasteiger partial charge < -0.3 is 4.42 Å². The first-order valence-corrected chi connectivity index (χ1v) is 19.8. The number of thiazole rings is 1. The molecule has 6 heterocycles. The molecule has 0 aliphatic heterocycles. The van der Waals surface area contributed by atoms with Gasteiger partial charge in [0.2, 0.25) is 0 Å². The second-order valence-corrected chi connectivity index (χ2v) is 18.8. The quantitative estimate of drug-likeness (QED) is 0.166. The van der Waals surface area contributed by atoms with E-state index in [0.717, 1.165) is 0 Å². The first kappa shape index (κ1) is 47.1. The average Bonchev–Trinajstić information content (AvgIpc) is 3.90. The number of aryl methyl sites for hydroxylation is 3. The van der Waals surface area contributed by atoms with Gasteiger partial charge >= 0.3 is 0 Å². The van der Waals surface area contributed by atoms with E-state index in [0.29, 0.717) is 5.92 Å². The van der Waals surface area contributed by atoms with Crippen molar-refractivity contribution in [1.82, 2.24) is 33.9 Å². The highest BCUT2D eigenvalue weighted by atomic mass is 32.1. The summed E-state index contributed by atoms with van der Waals surface area (Å²) < 4.78 is 12.6. The highest BCUT2D eigenvalue weighted by molar-refractivity contribution is 7.09. The van der Waals surface area contributed by atoms with Crippen LogP contribution in [0.25, 0.3) is 0 Å². The van der Waals surface area contributed by atoms with Gasteiger partial charge in [0.1, 0.15) is 0 Å². The van der Waals surface area contributed by atoms with E-state index >= 15 is 0 Å². The Kier molecular flexibility index (Phi) is 19.3. The van der Waals surface area contributed by atoms with E-state index in [1.807, 2.05) is 78.9 Å². The SMILES string of the molecule is CC(C)(C)c1ccoc1.CC(C)(C)c1cncs1.CC(C)(C)c1cnsc1.CC(C)c1cccnc1.Cc1ccnn1C.Cn1cc(C(C)(C)C)cn1. The molecule has 6 aromatic rings. The van der Waals surface area contributed by atoms with E-state index in [4.69, 9.17) is 4.42 Å². The van der Waals surface area contributed by atoms with Crippen LogP contribution in [0, 0.1) is 6.92 Å². The predicted octanol–water partition coefficient (Wildman–Crippen LogP) is 12.1. The maximum Gasteiger partial charge on any atom is 0.0939 e. The van der Waals surface area contributed by atoms with Crippen LogP contribution in [-0.4, -0.2) is 33.9 Å². The van der Waals surface area contributed by atoms with E-state index in [2.05, 4.69) is 139 Å². The fourth-order valence-corrected chi connectivity index (χ4v) is 5.29. The van der Waals surface area contributed by atoms with Crippen LogP contribution >= 0.6 is 22.9 Å². The van der Waals surface area contributed by atoms with Crippen molar-refractivity contribution in [3.05, 3.63) is 124 Å². The van der Waals surface area contributed by atoms with Gasteiger partial charge in [-0.25, -0.2) is 4.37 Å². The summed E-state index contributed by atoms with van der Waals surface area (Å²) in [6.45, 7) is 32.6. The number of rotatable bonds is 1. The minimum absolute atomic E-state index is 0.229. The molecule has 0 atom stereocenters. The Morgan fingerprint density at radius 2 is 1.32 bits per heavy atom. The highest BCUT2D eigenvalue weighted by Crippen LogP contribution is 2.25. The largest absolute Gasteiger partial charge is 0.472 e. The van der Waals surface area contributed by atoms with Crippen molar-refractivity contribution in [2.24, 2.45) is 14.1 Å². The maximum atomic E-state index is 4.94. The molecule has 53 heavy (non-hydrogen) atoms. The second kappa shape index (κ2) is 21.7. The zero-order valence-corrected chi connectivity index (χ0v) is 37.2. The standard InChI is InChI=1S/C8H14N2.C8H11N.C8H12O.2C7H11NS.C5H8N2/c1-8(2,3)7-5-9-10(4)6-7;1-7(2)8-4-3-5-9-6-8;1-8(2,3)7-4-5-9-6-7;1-7(2,3)6-4-8-5-9-6;1-7(2,3)6-4-8-9-5-6;1-5-3-4-6-7(5)2/h5-6H,1-4H3;3-7H,1-2H3;4-6H,1-3H3;2*4-5H,1-3H3;3-4H,1-2H3. The van der Waals surface area contributed by atoms with E-state index in [9.17, 15) is 0 Å². The Hall–Kier alpha value is -3.89. The van der Waals surface area contributed by atoms with Crippen LogP contribution in [-0.2, 0) is 35.8 Å².